The van der Waals surface area contributed by atoms with Crippen LogP contribution < -0.4 is 16.2 Å². The largest absolute Gasteiger partial charge is 0.491 e. The van der Waals surface area contributed by atoms with Gasteiger partial charge in [0, 0.05) is 18.2 Å². The monoisotopic (exact) mass is 195 g/mol. The van der Waals surface area contributed by atoms with Gasteiger partial charge in [-0.3, -0.25) is 0 Å². The summed E-state index contributed by atoms with van der Waals surface area (Å²) in [6.07, 6.45) is 0.581. The molecule has 0 amide bonds. The Balaban J connectivity index is 2.49. The molecule has 0 heterocycles. The molecular weight excluding hydrogens is 182 g/mol. The highest BCUT2D eigenvalue weighted by atomic mass is 16.5. The molecule has 0 aliphatic rings. The van der Waals surface area contributed by atoms with E-state index in [2.05, 4.69) is 5.18 Å². The Morgan fingerprint density at radius 3 is 2.86 bits per heavy atom. The van der Waals surface area contributed by atoms with Crippen molar-refractivity contribution in [1.82, 2.24) is 0 Å². The van der Waals surface area contributed by atoms with Crippen molar-refractivity contribution in [3.05, 3.63) is 23.1 Å². The first kappa shape index (κ1) is 10.3. The first-order valence-electron chi connectivity index (χ1n) is 4.31. The molecule has 0 spiro atoms. The summed E-state index contributed by atoms with van der Waals surface area (Å²) in [5, 5.41) is 2.72. The topological polar surface area (TPSA) is 90.7 Å². The lowest BCUT2D eigenvalue weighted by atomic mass is 10.2. The number of nitrogen functional groups attached to an aromatic ring is 2. The second-order valence-electron chi connectivity index (χ2n) is 2.85. The van der Waals surface area contributed by atoms with Gasteiger partial charge >= 0.3 is 0 Å². The van der Waals surface area contributed by atoms with E-state index in [1.165, 1.54) is 0 Å². The maximum atomic E-state index is 9.79. The molecule has 0 saturated carbocycles. The molecule has 14 heavy (non-hydrogen) atoms. The van der Waals surface area contributed by atoms with Crippen LogP contribution in [-0.2, 0) is 0 Å². The average molecular weight is 195 g/mol. The van der Waals surface area contributed by atoms with Gasteiger partial charge in [0.15, 0.2) is 0 Å². The van der Waals surface area contributed by atoms with Crippen LogP contribution in [-0.4, -0.2) is 13.2 Å². The summed E-state index contributed by atoms with van der Waals surface area (Å²) in [5.74, 6) is 0.552. The molecule has 0 unspecified atom stereocenters. The molecule has 0 aliphatic heterocycles. The van der Waals surface area contributed by atoms with E-state index in [1.807, 2.05) is 0 Å². The van der Waals surface area contributed by atoms with Crippen LogP contribution in [0.15, 0.2) is 23.4 Å². The van der Waals surface area contributed by atoms with Crippen LogP contribution in [0.3, 0.4) is 0 Å². The molecule has 0 aromatic heterocycles. The Bertz CT molecular complexity index is 315. The van der Waals surface area contributed by atoms with Crippen LogP contribution in [0, 0.1) is 4.91 Å². The van der Waals surface area contributed by atoms with E-state index < -0.39 is 0 Å². The maximum Gasteiger partial charge on any atom is 0.144 e. The van der Waals surface area contributed by atoms with Crippen LogP contribution in [0.4, 0.5) is 11.4 Å². The fourth-order valence-corrected chi connectivity index (χ4v) is 0.987. The molecule has 0 atom stereocenters. The average Bonchev–Trinajstić information content (AvgIpc) is 2.18. The third-order valence-electron chi connectivity index (χ3n) is 1.69. The Hall–Kier alpha value is -1.78. The number of nitroso groups, excluding NO2 is 1. The molecule has 5 heteroatoms. The fraction of sp³-hybridized carbons (Fsp3) is 0.333. The normalized spacial score (nSPS) is 9.71. The SMILES string of the molecule is Nc1ccc(N)c(OCCCN=O)c1. The van der Waals surface area contributed by atoms with E-state index in [9.17, 15) is 4.91 Å². The minimum absolute atomic E-state index is 0.252. The fourth-order valence-electron chi connectivity index (χ4n) is 0.987. The molecule has 1 rings (SSSR count). The lowest BCUT2D eigenvalue weighted by Crippen LogP contribution is -2.02. The van der Waals surface area contributed by atoms with Gasteiger partial charge < -0.3 is 16.2 Å². The predicted molar refractivity (Wildman–Crippen MR) is 56.0 cm³/mol. The first-order chi connectivity index (χ1) is 6.74. The van der Waals surface area contributed by atoms with Gasteiger partial charge in [-0.25, -0.2) is 0 Å². The van der Waals surface area contributed by atoms with E-state index in [-0.39, 0.29) is 6.54 Å². The number of ether oxygens (including phenoxy) is 1. The number of anilines is 2. The minimum atomic E-state index is 0.252. The van der Waals surface area contributed by atoms with E-state index in [4.69, 9.17) is 16.2 Å². The van der Waals surface area contributed by atoms with E-state index >= 15 is 0 Å². The standard InChI is InChI=1S/C9H13N3O2/c10-7-2-3-8(11)9(6-7)14-5-1-4-12-13/h2-3,6H,1,4-5,10-11H2. The number of benzene rings is 1. The molecule has 4 N–H and O–H groups in total. The van der Waals surface area contributed by atoms with Gasteiger partial charge in [0.1, 0.15) is 5.75 Å². The summed E-state index contributed by atoms with van der Waals surface area (Å²) in [7, 11) is 0. The van der Waals surface area contributed by atoms with Gasteiger partial charge in [0.05, 0.1) is 18.8 Å². The lowest BCUT2D eigenvalue weighted by Gasteiger charge is -2.08. The summed E-state index contributed by atoms with van der Waals surface area (Å²) in [5.41, 5.74) is 12.3. The zero-order valence-electron chi connectivity index (χ0n) is 7.77. The third-order valence-corrected chi connectivity index (χ3v) is 1.69. The van der Waals surface area contributed by atoms with Crippen molar-refractivity contribution >= 4 is 11.4 Å². The van der Waals surface area contributed by atoms with Gasteiger partial charge in [-0.1, -0.05) is 5.18 Å². The van der Waals surface area contributed by atoms with Crippen molar-refractivity contribution in [2.24, 2.45) is 5.18 Å². The molecule has 0 fully saturated rings. The Labute approximate surface area is 82.0 Å². The third kappa shape index (κ3) is 2.93. The second-order valence-corrected chi connectivity index (χ2v) is 2.85. The zero-order valence-corrected chi connectivity index (χ0v) is 7.77. The summed E-state index contributed by atoms with van der Waals surface area (Å²) in [6, 6.07) is 5.04. The molecule has 1 aromatic rings. The van der Waals surface area contributed by atoms with E-state index in [0.717, 1.165) is 0 Å². The summed E-state index contributed by atoms with van der Waals surface area (Å²) in [4.78, 5) is 9.79. The zero-order chi connectivity index (χ0) is 10.4. The van der Waals surface area contributed by atoms with E-state index in [0.29, 0.717) is 30.2 Å². The lowest BCUT2D eigenvalue weighted by molar-refractivity contribution is 0.315. The first-order valence-corrected chi connectivity index (χ1v) is 4.31. The molecule has 5 nitrogen and oxygen atoms in total. The van der Waals surface area contributed by atoms with Crippen molar-refractivity contribution in [2.75, 3.05) is 24.6 Å². The summed E-state index contributed by atoms with van der Waals surface area (Å²) < 4.78 is 5.32. The Kier molecular flexibility index (Phi) is 3.72. The highest BCUT2D eigenvalue weighted by Crippen LogP contribution is 2.23. The van der Waals surface area contributed by atoms with Crippen LogP contribution in [0.2, 0.25) is 0 Å². The quantitative estimate of drug-likeness (QED) is 0.422. The molecule has 76 valence electrons. The van der Waals surface area contributed by atoms with E-state index in [1.54, 1.807) is 18.2 Å². The highest BCUT2D eigenvalue weighted by Gasteiger charge is 2.00. The number of rotatable bonds is 5. The van der Waals surface area contributed by atoms with Gasteiger partial charge in [0.25, 0.3) is 0 Å². The van der Waals surface area contributed by atoms with Crippen LogP contribution in [0.1, 0.15) is 6.42 Å². The molecule has 0 aliphatic carbocycles. The summed E-state index contributed by atoms with van der Waals surface area (Å²) >= 11 is 0. The summed E-state index contributed by atoms with van der Waals surface area (Å²) in [6.45, 7) is 0.668. The van der Waals surface area contributed by atoms with Crippen molar-refractivity contribution in [1.29, 1.82) is 0 Å². The minimum Gasteiger partial charge on any atom is -0.491 e. The van der Waals surface area contributed by atoms with Crippen molar-refractivity contribution in [3.63, 3.8) is 0 Å². The molecular formula is C9H13N3O2. The number of hydrogen-bond donors (Lipinski definition) is 2. The van der Waals surface area contributed by atoms with Crippen molar-refractivity contribution < 1.29 is 4.74 Å². The number of nitrogens with zero attached hydrogens (tertiary/aromatic N) is 1. The maximum absolute atomic E-state index is 9.79. The molecule has 1 aromatic carbocycles. The van der Waals surface area contributed by atoms with Crippen molar-refractivity contribution in [2.45, 2.75) is 6.42 Å². The van der Waals surface area contributed by atoms with Crippen molar-refractivity contribution in [3.8, 4) is 5.75 Å². The molecule has 0 bridgehead atoms. The smallest absolute Gasteiger partial charge is 0.144 e. The van der Waals surface area contributed by atoms with Gasteiger partial charge in [-0.05, 0) is 12.1 Å². The Morgan fingerprint density at radius 1 is 1.36 bits per heavy atom. The van der Waals surface area contributed by atoms with Gasteiger partial charge in [-0.15, -0.1) is 0 Å². The number of nitrogens with two attached hydrogens (primary N) is 2. The second kappa shape index (κ2) is 5.06. The Morgan fingerprint density at radius 2 is 2.14 bits per heavy atom. The molecule has 0 radical (unpaired) electrons. The number of hydrogen-bond acceptors (Lipinski definition) is 5. The molecule has 0 saturated heterocycles. The van der Waals surface area contributed by atoms with Crippen LogP contribution in [0.5, 0.6) is 5.75 Å². The highest BCUT2D eigenvalue weighted by molar-refractivity contribution is 5.59. The predicted octanol–water partition coefficient (Wildman–Crippen LogP) is 1.39. The van der Waals surface area contributed by atoms with Gasteiger partial charge in [0.2, 0.25) is 0 Å². The van der Waals surface area contributed by atoms with Crippen LogP contribution >= 0.6 is 0 Å². The van der Waals surface area contributed by atoms with Crippen LogP contribution in [0.25, 0.3) is 0 Å². The van der Waals surface area contributed by atoms with Gasteiger partial charge in [-0.2, -0.15) is 4.91 Å².